The molecule has 0 spiro atoms. The van der Waals surface area contributed by atoms with E-state index in [-0.39, 0.29) is 17.6 Å². The van der Waals surface area contributed by atoms with Gasteiger partial charge in [-0.15, -0.1) is 11.3 Å². The summed E-state index contributed by atoms with van der Waals surface area (Å²) in [5.41, 5.74) is 3.16. The van der Waals surface area contributed by atoms with E-state index in [1.165, 1.54) is 23.5 Å². The molecule has 0 amide bonds. The maximum Gasteiger partial charge on any atom is 0.174 e. The average Bonchev–Trinajstić information content (AvgIpc) is 3.57. The molecule has 1 saturated heterocycles. The Kier molecular flexibility index (Phi) is 5.10. The zero-order valence-electron chi connectivity index (χ0n) is 18.0. The van der Waals surface area contributed by atoms with Gasteiger partial charge in [0.1, 0.15) is 22.2 Å². The van der Waals surface area contributed by atoms with Gasteiger partial charge in [0, 0.05) is 35.6 Å². The Hall–Kier alpha value is -2.91. The molecule has 1 aliphatic carbocycles. The SMILES string of the molecule is Cc1cc([C@@H]2C[C@H](c3nc(-c4ccc(F)cc4F)c4sc(C5CC5)nc4n3)CCO2)cnn1. The summed E-state index contributed by atoms with van der Waals surface area (Å²) >= 11 is 1.52. The molecule has 4 aromatic rings. The molecule has 0 radical (unpaired) electrons. The van der Waals surface area contributed by atoms with Crippen LogP contribution in [0, 0.1) is 18.6 Å². The van der Waals surface area contributed by atoms with Gasteiger partial charge in [0.15, 0.2) is 5.65 Å². The molecule has 1 saturated carbocycles. The molecule has 2 aliphatic rings. The first-order chi connectivity index (χ1) is 16.0. The monoisotopic (exact) mass is 465 g/mol. The highest BCUT2D eigenvalue weighted by molar-refractivity contribution is 7.19. The van der Waals surface area contributed by atoms with Crippen LogP contribution in [0.2, 0.25) is 0 Å². The van der Waals surface area contributed by atoms with Crippen LogP contribution in [-0.4, -0.2) is 31.8 Å². The Morgan fingerprint density at radius 2 is 1.91 bits per heavy atom. The maximum absolute atomic E-state index is 14.8. The number of hydrogen-bond donors (Lipinski definition) is 0. The summed E-state index contributed by atoms with van der Waals surface area (Å²) in [6.07, 6.45) is 5.25. The van der Waals surface area contributed by atoms with Crippen molar-refractivity contribution in [3.63, 3.8) is 0 Å². The standard InChI is InChI=1S/C24H21F2N5OS/c1-12-8-15(11-27-31-12)19-9-14(6-7-32-19)22-28-20(17-5-4-16(25)10-18(17)26)21-23(29-22)30-24(33-21)13-2-3-13/h4-5,8,10-11,13-14,19H,2-3,6-7,9H2,1H3/t14-,19+/m1/s1. The summed E-state index contributed by atoms with van der Waals surface area (Å²) in [7, 11) is 0. The van der Waals surface area contributed by atoms with Crippen LogP contribution in [0.5, 0.6) is 0 Å². The zero-order chi connectivity index (χ0) is 22.5. The molecule has 0 N–H and O–H groups in total. The summed E-state index contributed by atoms with van der Waals surface area (Å²) in [6, 6.07) is 5.59. The normalized spacial score (nSPS) is 20.9. The van der Waals surface area contributed by atoms with Gasteiger partial charge in [-0.25, -0.2) is 23.7 Å². The molecule has 6 rings (SSSR count). The number of nitrogens with zero attached hydrogens (tertiary/aromatic N) is 5. The fourth-order valence-electron chi connectivity index (χ4n) is 4.34. The number of hydrogen-bond acceptors (Lipinski definition) is 7. The molecule has 1 aliphatic heterocycles. The third kappa shape index (κ3) is 4.00. The molecule has 4 heterocycles. The number of benzene rings is 1. The van der Waals surface area contributed by atoms with E-state index in [1.807, 2.05) is 13.0 Å². The van der Waals surface area contributed by atoms with Crippen molar-refractivity contribution in [3.05, 3.63) is 64.2 Å². The van der Waals surface area contributed by atoms with Crippen molar-refractivity contribution in [3.8, 4) is 11.3 Å². The third-order valence-corrected chi connectivity index (χ3v) is 7.43. The van der Waals surface area contributed by atoms with Gasteiger partial charge in [0.2, 0.25) is 0 Å². The van der Waals surface area contributed by atoms with E-state index < -0.39 is 11.6 Å². The fourth-order valence-corrected chi connectivity index (χ4v) is 5.52. The van der Waals surface area contributed by atoms with E-state index in [2.05, 4.69) is 10.2 Å². The van der Waals surface area contributed by atoms with Crippen LogP contribution in [0.1, 0.15) is 65.7 Å². The van der Waals surface area contributed by atoms with Crippen molar-refractivity contribution in [2.45, 2.75) is 50.5 Å². The summed E-state index contributed by atoms with van der Waals surface area (Å²) in [4.78, 5) is 14.4. The molecule has 33 heavy (non-hydrogen) atoms. The number of aromatic nitrogens is 5. The molecule has 0 bridgehead atoms. The number of thiazole rings is 1. The second-order valence-corrected chi connectivity index (χ2v) is 9.78. The fraction of sp³-hybridized carbons (Fsp3) is 0.375. The quantitative estimate of drug-likeness (QED) is 0.388. The Balaban J connectivity index is 1.43. The van der Waals surface area contributed by atoms with E-state index in [4.69, 9.17) is 19.7 Å². The van der Waals surface area contributed by atoms with Gasteiger partial charge >= 0.3 is 0 Å². The van der Waals surface area contributed by atoms with Gasteiger partial charge < -0.3 is 4.74 Å². The Bertz CT molecular complexity index is 1360. The van der Waals surface area contributed by atoms with E-state index >= 15 is 0 Å². The predicted molar refractivity (Wildman–Crippen MR) is 120 cm³/mol. The Morgan fingerprint density at radius 1 is 1.03 bits per heavy atom. The maximum atomic E-state index is 14.8. The molecule has 6 nitrogen and oxygen atoms in total. The highest BCUT2D eigenvalue weighted by atomic mass is 32.1. The van der Waals surface area contributed by atoms with E-state index in [1.54, 1.807) is 6.20 Å². The molecular formula is C24H21F2N5OS. The Morgan fingerprint density at radius 3 is 2.70 bits per heavy atom. The van der Waals surface area contributed by atoms with Crippen LogP contribution in [0.15, 0.2) is 30.5 Å². The lowest BCUT2D eigenvalue weighted by Gasteiger charge is -2.29. The van der Waals surface area contributed by atoms with E-state index in [9.17, 15) is 8.78 Å². The number of rotatable bonds is 4. The van der Waals surface area contributed by atoms with Crippen LogP contribution in [0.4, 0.5) is 8.78 Å². The van der Waals surface area contributed by atoms with Crippen molar-refractivity contribution >= 4 is 21.7 Å². The minimum absolute atomic E-state index is 0.0231. The summed E-state index contributed by atoms with van der Waals surface area (Å²) in [5.74, 6) is -0.145. The number of ether oxygens (including phenoxy) is 1. The largest absolute Gasteiger partial charge is 0.373 e. The second-order valence-electron chi connectivity index (χ2n) is 8.74. The number of aryl methyl sites for hydroxylation is 1. The van der Waals surface area contributed by atoms with Gasteiger partial charge in [-0.3, -0.25) is 0 Å². The lowest BCUT2D eigenvalue weighted by Crippen LogP contribution is -2.21. The Labute approximate surface area is 193 Å². The average molecular weight is 466 g/mol. The van der Waals surface area contributed by atoms with Crippen LogP contribution in [-0.2, 0) is 4.74 Å². The molecule has 1 aromatic carbocycles. The lowest BCUT2D eigenvalue weighted by molar-refractivity contribution is 0.00370. The summed E-state index contributed by atoms with van der Waals surface area (Å²) < 4.78 is 35.1. The van der Waals surface area contributed by atoms with Crippen LogP contribution in [0.3, 0.4) is 0 Å². The molecular weight excluding hydrogens is 444 g/mol. The van der Waals surface area contributed by atoms with Gasteiger partial charge in [-0.05, 0) is 50.8 Å². The number of halogens is 2. The third-order valence-electron chi connectivity index (χ3n) is 6.22. The highest BCUT2D eigenvalue weighted by Gasteiger charge is 2.31. The molecule has 3 aromatic heterocycles. The first-order valence-corrected chi connectivity index (χ1v) is 11.9. The van der Waals surface area contributed by atoms with Gasteiger partial charge in [0.25, 0.3) is 0 Å². The predicted octanol–water partition coefficient (Wildman–Crippen LogP) is 5.64. The minimum Gasteiger partial charge on any atom is -0.373 e. The molecule has 0 unspecified atom stereocenters. The molecule has 9 heteroatoms. The van der Waals surface area contributed by atoms with Gasteiger partial charge in [-0.1, -0.05) is 0 Å². The van der Waals surface area contributed by atoms with Crippen molar-refractivity contribution in [1.29, 1.82) is 0 Å². The van der Waals surface area contributed by atoms with E-state index in [0.29, 0.717) is 36.1 Å². The number of fused-ring (bicyclic) bond motifs is 1. The van der Waals surface area contributed by atoms with E-state index in [0.717, 1.165) is 46.3 Å². The molecule has 168 valence electrons. The smallest absolute Gasteiger partial charge is 0.174 e. The lowest BCUT2D eigenvalue weighted by atomic mass is 9.91. The van der Waals surface area contributed by atoms with Crippen LogP contribution in [0.25, 0.3) is 21.6 Å². The topological polar surface area (TPSA) is 73.7 Å². The molecule has 2 atom stereocenters. The molecule has 2 fully saturated rings. The highest BCUT2D eigenvalue weighted by Crippen LogP contribution is 2.45. The van der Waals surface area contributed by atoms with Crippen LogP contribution >= 0.6 is 11.3 Å². The van der Waals surface area contributed by atoms with Crippen LogP contribution < -0.4 is 0 Å². The van der Waals surface area contributed by atoms with Crippen molar-refractivity contribution in [2.24, 2.45) is 0 Å². The summed E-state index contributed by atoms with van der Waals surface area (Å²) in [5, 5.41) is 9.10. The van der Waals surface area contributed by atoms with Crippen molar-refractivity contribution in [1.82, 2.24) is 25.1 Å². The van der Waals surface area contributed by atoms with Crippen molar-refractivity contribution < 1.29 is 13.5 Å². The van der Waals surface area contributed by atoms with Gasteiger partial charge in [0.05, 0.1) is 28.7 Å². The van der Waals surface area contributed by atoms with Gasteiger partial charge in [-0.2, -0.15) is 10.2 Å². The van der Waals surface area contributed by atoms with Crippen molar-refractivity contribution in [2.75, 3.05) is 6.61 Å². The minimum atomic E-state index is -0.634. The zero-order valence-corrected chi connectivity index (χ0v) is 18.8. The first kappa shape index (κ1) is 20.7. The first-order valence-electron chi connectivity index (χ1n) is 11.1. The second kappa shape index (κ2) is 8.14. The summed E-state index contributed by atoms with van der Waals surface area (Å²) in [6.45, 7) is 2.46.